The Hall–Kier alpha value is -0.890. The van der Waals surface area contributed by atoms with Crippen molar-refractivity contribution in [3.63, 3.8) is 0 Å². The van der Waals surface area contributed by atoms with Gasteiger partial charge in [-0.25, -0.2) is 4.39 Å². The van der Waals surface area contributed by atoms with E-state index in [2.05, 4.69) is 6.92 Å². The van der Waals surface area contributed by atoms with Gasteiger partial charge in [-0.2, -0.15) is 0 Å². The van der Waals surface area contributed by atoms with Gasteiger partial charge in [0.05, 0.1) is 6.10 Å². The fourth-order valence-electron chi connectivity index (χ4n) is 2.61. The topological polar surface area (TPSA) is 20.2 Å². The Morgan fingerprint density at radius 1 is 1.25 bits per heavy atom. The Morgan fingerprint density at radius 2 is 1.81 bits per heavy atom. The Kier molecular flexibility index (Phi) is 3.29. The molecule has 1 aromatic rings. The van der Waals surface area contributed by atoms with E-state index < -0.39 is 0 Å². The highest BCUT2D eigenvalue weighted by Crippen LogP contribution is 2.41. The monoisotopic (exact) mass is 222 g/mol. The average molecular weight is 222 g/mol. The first-order valence-electron chi connectivity index (χ1n) is 6.03. The number of aliphatic hydroxyl groups is 1. The largest absolute Gasteiger partial charge is 0.392 e. The number of hydrogen-bond acceptors (Lipinski definition) is 1. The van der Waals surface area contributed by atoms with Crippen LogP contribution in [0.4, 0.5) is 4.39 Å². The first kappa shape index (κ1) is 11.6. The molecule has 1 nitrogen and oxygen atoms in total. The van der Waals surface area contributed by atoms with Gasteiger partial charge < -0.3 is 5.11 Å². The van der Waals surface area contributed by atoms with E-state index in [-0.39, 0.29) is 17.3 Å². The molecule has 1 fully saturated rings. The predicted octanol–water partition coefficient (Wildman–Crippen LogP) is 3.31. The van der Waals surface area contributed by atoms with E-state index in [1.165, 1.54) is 25.0 Å². The van der Waals surface area contributed by atoms with Crippen LogP contribution in [-0.4, -0.2) is 11.2 Å². The van der Waals surface area contributed by atoms with Crippen LogP contribution < -0.4 is 0 Å². The molecule has 16 heavy (non-hydrogen) atoms. The zero-order valence-corrected chi connectivity index (χ0v) is 9.75. The summed E-state index contributed by atoms with van der Waals surface area (Å²) in [7, 11) is 0. The fourth-order valence-corrected chi connectivity index (χ4v) is 2.61. The van der Waals surface area contributed by atoms with Crippen molar-refractivity contribution in [3.8, 4) is 0 Å². The molecule has 0 spiro atoms. The van der Waals surface area contributed by atoms with Crippen LogP contribution in [0.25, 0.3) is 0 Å². The number of rotatable bonds is 3. The molecule has 1 saturated carbocycles. The van der Waals surface area contributed by atoms with Crippen molar-refractivity contribution in [1.29, 1.82) is 0 Å². The maximum absolute atomic E-state index is 12.7. The molecule has 0 bridgehead atoms. The van der Waals surface area contributed by atoms with Gasteiger partial charge >= 0.3 is 0 Å². The average Bonchev–Trinajstić information content (AvgIpc) is 2.70. The van der Waals surface area contributed by atoms with Gasteiger partial charge in [-0.1, -0.05) is 31.9 Å². The molecule has 88 valence electrons. The van der Waals surface area contributed by atoms with E-state index in [0.717, 1.165) is 18.4 Å². The molecule has 1 unspecified atom stereocenters. The van der Waals surface area contributed by atoms with Crippen molar-refractivity contribution in [2.24, 2.45) is 5.41 Å². The summed E-state index contributed by atoms with van der Waals surface area (Å²) >= 11 is 0. The Labute approximate surface area is 96.3 Å². The lowest BCUT2D eigenvalue weighted by Gasteiger charge is -2.30. The summed E-state index contributed by atoms with van der Waals surface area (Å²) in [6, 6.07) is 6.44. The maximum Gasteiger partial charge on any atom is 0.123 e. The molecule has 0 saturated heterocycles. The van der Waals surface area contributed by atoms with Gasteiger partial charge in [-0.15, -0.1) is 0 Å². The van der Waals surface area contributed by atoms with Gasteiger partial charge in [-0.3, -0.25) is 0 Å². The highest BCUT2D eigenvalue weighted by Gasteiger charge is 2.35. The summed E-state index contributed by atoms with van der Waals surface area (Å²) < 4.78 is 12.7. The van der Waals surface area contributed by atoms with Crippen LogP contribution in [0.3, 0.4) is 0 Å². The van der Waals surface area contributed by atoms with E-state index in [1.54, 1.807) is 12.1 Å². The molecule has 2 heteroatoms. The van der Waals surface area contributed by atoms with Gasteiger partial charge in [-0.05, 0) is 42.4 Å². The lowest BCUT2D eigenvalue weighted by atomic mass is 9.80. The highest BCUT2D eigenvalue weighted by molar-refractivity contribution is 5.17. The van der Waals surface area contributed by atoms with Crippen LogP contribution >= 0.6 is 0 Å². The molecule has 0 aliphatic heterocycles. The van der Waals surface area contributed by atoms with Crippen molar-refractivity contribution in [2.45, 2.75) is 45.1 Å². The minimum absolute atomic E-state index is 0.0639. The van der Waals surface area contributed by atoms with Crippen molar-refractivity contribution in [2.75, 3.05) is 0 Å². The van der Waals surface area contributed by atoms with Crippen LogP contribution in [0.2, 0.25) is 0 Å². The summed E-state index contributed by atoms with van der Waals surface area (Å²) in [5, 5.41) is 10.2. The Morgan fingerprint density at radius 3 is 2.38 bits per heavy atom. The molecule has 1 N–H and O–H groups in total. The molecule has 1 aromatic carbocycles. The number of benzene rings is 1. The quantitative estimate of drug-likeness (QED) is 0.832. The van der Waals surface area contributed by atoms with Crippen molar-refractivity contribution >= 4 is 0 Å². The van der Waals surface area contributed by atoms with E-state index >= 15 is 0 Å². The fraction of sp³-hybridized carbons (Fsp3) is 0.571. The standard InChI is InChI=1S/C14H19FO/c1-14(8-2-3-9-14)13(16)10-11-4-6-12(15)7-5-11/h4-7,13,16H,2-3,8-10H2,1H3. The first-order valence-corrected chi connectivity index (χ1v) is 6.03. The summed E-state index contributed by atoms with van der Waals surface area (Å²) in [5.74, 6) is -0.217. The van der Waals surface area contributed by atoms with Gasteiger partial charge in [0, 0.05) is 0 Å². The second-order valence-corrected chi connectivity index (χ2v) is 5.21. The molecule has 1 aliphatic carbocycles. The van der Waals surface area contributed by atoms with E-state index in [0.29, 0.717) is 6.42 Å². The molecule has 0 amide bonds. The van der Waals surface area contributed by atoms with Crippen LogP contribution in [0.15, 0.2) is 24.3 Å². The number of hydrogen-bond donors (Lipinski definition) is 1. The zero-order valence-electron chi connectivity index (χ0n) is 9.75. The second kappa shape index (κ2) is 4.54. The van der Waals surface area contributed by atoms with Gasteiger partial charge in [0.2, 0.25) is 0 Å². The summed E-state index contributed by atoms with van der Waals surface area (Å²) in [6.07, 6.45) is 4.98. The SMILES string of the molecule is CC1(C(O)Cc2ccc(F)cc2)CCCC1. The van der Waals surface area contributed by atoms with Gasteiger partial charge in [0.1, 0.15) is 5.82 Å². The third kappa shape index (κ3) is 2.43. The molecule has 1 atom stereocenters. The Balaban J connectivity index is 2.01. The predicted molar refractivity (Wildman–Crippen MR) is 62.7 cm³/mol. The molecular weight excluding hydrogens is 203 g/mol. The summed E-state index contributed by atoms with van der Waals surface area (Å²) in [4.78, 5) is 0. The smallest absolute Gasteiger partial charge is 0.123 e. The third-order valence-corrected chi connectivity index (χ3v) is 3.89. The summed E-state index contributed by atoms with van der Waals surface area (Å²) in [5.41, 5.74) is 1.08. The van der Waals surface area contributed by atoms with E-state index in [1.807, 2.05) is 0 Å². The number of halogens is 1. The zero-order chi connectivity index (χ0) is 11.6. The van der Waals surface area contributed by atoms with E-state index in [9.17, 15) is 9.50 Å². The molecule has 0 heterocycles. The van der Waals surface area contributed by atoms with Crippen LogP contribution in [0.1, 0.15) is 38.2 Å². The first-order chi connectivity index (χ1) is 7.60. The molecule has 2 rings (SSSR count). The van der Waals surface area contributed by atoms with Crippen molar-refractivity contribution in [3.05, 3.63) is 35.6 Å². The van der Waals surface area contributed by atoms with Crippen molar-refractivity contribution < 1.29 is 9.50 Å². The van der Waals surface area contributed by atoms with Crippen molar-refractivity contribution in [1.82, 2.24) is 0 Å². The second-order valence-electron chi connectivity index (χ2n) is 5.21. The minimum atomic E-state index is -0.305. The number of aliphatic hydroxyl groups excluding tert-OH is 1. The van der Waals surface area contributed by atoms with Crippen LogP contribution in [0.5, 0.6) is 0 Å². The normalized spacial score (nSPS) is 20.9. The Bertz CT molecular complexity index is 338. The van der Waals surface area contributed by atoms with E-state index in [4.69, 9.17) is 0 Å². The van der Waals surface area contributed by atoms with Crippen LogP contribution in [0, 0.1) is 11.2 Å². The maximum atomic E-state index is 12.7. The van der Waals surface area contributed by atoms with Gasteiger partial charge in [0.15, 0.2) is 0 Å². The molecule has 0 aromatic heterocycles. The lowest BCUT2D eigenvalue weighted by Crippen LogP contribution is -2.31. The molecule has 0 radical (unpaired) electrons. The highest BCUT2D eigenvalue weighted by atomic mass is 19.1. The summed E-state index contributed by atoms with van der Waals surface area (Å²) in [6.45, 7) is 2.16. The van der Waals surface area contributed by atoms with Gasteiger partial charge in [0.25, 0.3) is 0 Å². The molecular formula is C14H19FO. The van der Waals surface area contributed by atoms with Crippen LogP contribution in [-0.2, 0) is 6.42 Å². The third-order valence-electron chi connectivity index (χ3n) is 3.89. The molecule has 1 aliphatic rings. The lowest BCUT2D eigenvalue weighted by molar-refractivity contribution is 0.0423. The minimum Gasteiger partial charge on any atom is -0.392 e.